The Hall–Kier alpha value is -1.80. The summed E-state index contributed by atoms with van der Waals surface area (Å²) < 4.78 is 80.7. The van der Waals surface area contributed by atoms with Crippen LogP contribution in [0.1, 0.15) is 30.2 Å². The van der Waals surface area contributed by atoms with Gasteiger partial charge in [0.2, 0.25) is 0 Å². The molecule has 0 spiro atoms. The number of hydrogen-bond acceptors (Lipinski definition) is 3. The van der Waals surface area contributed by atoms with Crippen LogP contribution in [0.25, 0.3) is 0 Å². The van der Waals surface area contributed by atoms with E-state index in [1.165, 1.54) is 6.92 Å². The number of aromatic nitrogens is 1. The van der Waals surface area contributed by atoms with Crippen LogP contribution in [-0.4, -0.2) is 17.6 Å². The Labute approximate surface area is 109 Å². The zero-order chi connectivity index (χ0) is 15.5. The molecule has 9 heteroatoms. The summed E-state index contributed by atoms with van der Waals surface area (Å²) in [6, 6.07) is 0. The molecule has 0 N–H and O–H groups in total. The van der Waals surface area contributed by atoms with Crippen LogP contribution in [0.15, 0.2) is 6.20 Å². The Bertz CT molecular complexity index is 500. The number of esters is 1. The molecule has 0 aliphatic carbocycles. The zero-order valence-corrected chi connectivity index (χ0v) is 10.1. The van der Waals surface area contributed by atoms with E-state index in [9.17, 15) is 31.1 Å². The minimum Gasteiger partial charge on any atom is -0.466 e. The predicted molar refractivity (Wildman–Crippen MR) is 54.5 cm³/mol. The van der Waals surface area contributed by atoms with Crippen molar-refractivity contribution >= 4 is 5.97 Å². The van der Waals surface area contributed by atoms with Crippen LogP contribution in [0.2, 0.25) is 0 Å². The number of halogens is 6. The third-order valence-corrected chi connectivity index (χ3v) is 2.25. The first-order valence-electron chi connectivity index (χ1n) is 5.36. The normalized spacial score (nSPS) is 11.8. The highest BCUT2D eigenvalue weighted by Crippen LogP contribution is 2.37. The van der Waals surface area contributed by atoms with Crippen LogP contribution in [0.4, 0.5) is 26.3 Å². The summed E-state index contributed by atoms with van der Waals surface area (Å²) in [5.74, 6) is -2.75. The number of alkyl halides is 5. The number of pyridine rings is 1. The highest BCUT2D eigenvalue weighted by Gasteiger charge is 2.40. The molecule has 0 amide bonds. The molecular weight excluding hydrogens is 292 g/mol. The van der Waals surface area contributed by atoms with Gasteiger partial charge in [-0.05, 0) is 6.92 Å². The highest BCUT2D eigenvalue weighted by molar-refractivity contribution is 5.72. The van der Waals surface area contributed by atoms with Crippen molar-refractivity contribution in [3.05, 3.63) is 28.8 Å². The molecule has 20 heavy (non-hydrogen) atoms. The minimum absolute atomic E-state index is 0.0315. The SMILES string of the molecule is CCOC(=O)Cc1cnc(C(F)(F)F)c(C(F)F)c1F. The molecule has 0 radical (unpaired) electrons. The van der Waals surface area contributed by atoms with Gasteiger partial charge in [-0.2, -0.15) is 13.2 Å². The van der Waals surface area contributed by atoms with Gasteiger partial charge in [0, 0.05) is 11.8 Å². The smallest absolute Gasteiger partial charge is 0.433 e. The summed E-state index contributed by atoms with van der Waals surface area (Å²) in [6.45, 7) is 1.43. The molecule has 0 fully saturated rings. The van der Waals surface area contributed by atoms with Gasteiger partial charge >= 0.3 is 12.1 Å². The van der Waals surface area contributed by atoms with Gasteiger partial charge in [0.05, 0.1) is 18.6 Å². The largest absolute Gasteiger partial charge is 0.466 e. The van der Waals surface area contributed by atoms with Gasteiger partial charge in [-0.1, -0.05) is 0 Å². The minimum atomic E-state index is -5.21. The molecule has 0 unspecified atom stereocenters. The zero-order valence-electron chi connectivity index (χ0n) is 10.1. The van der Waals surface area contributed by atoms with Crippen LogP contribution in [0.5, 0.6) is 0 Å². The van der Waals surface area contributed by atoms with E-state index in [2.05, 4.69) is 9.72 Å². The van der Waals surface area contributed by atoms with E-state index in [1.807, 2.05) is 0 Å². The standard InChI is InChI=1S/C11H9F6NO2/c1-2-20-6(19)3-5-4-18-9(11(15,16)17)7(8(5)12)10(13)14/h4,10H,2-3H2,1H3. The van der Waals surface area contributed by atoms with Gasteiger partial charge < -0.3 is 4.74 Å². The topological polar surface area (TPSA) is 39.2 Å². The van der Waals surface area contributed by atoms with Crippen LogP contribution < -0.4 is 0 Å². The van der Waals surface area contributed by atoms with Gasteiger partial charge in [0.1, 0.15) is 5.82 Å². The summed E-state index contributed by atoms with van der Waals surface area (Å²) in [4.78, 5) is 13.9. The van der Waals surface area contributed by atoms with Crippen molar-refractivity contribution in [2.45, 2.75) is 25.9 Å². The fourth-order valence-electron chi connectivity index (χ4n) is 1.46. The van der Waals surface area contributed by atoms with Crippen molar-refractivity contribution in [1.82, 2.24) is 4.98 Å². The maximum atomic E-state index is 13.7. The molecule has 1 heterocycles. The van der Waals surface area contributed by atoms with E-state index in [0.717, 1.165) is 0 Å². The van der Waals surface area contributed by atoms with E-state index in [4.69, 9.17) is 0 Å². The van der Waals surface area contributed by atoms with E-state index in [1.54, 1.807) is 0 Å². The van der Waals surface area contributed by atoms with Crippen molar-refractivity contribution in [2.24, 2.45) is 0 Å². The molecule has 0 saturated carbocycles. The second kappa shape index (κ2) is 6.10. The van der Waals surface area contributed by atoms with Gasteiger partial charge in [-0.25, -0.2) is 13.2 Å². The molecule has 112 valence electrons. The molecule has 0 bridgehead atoms. The Morgan fingerprint density at radius 1 is 1.40 bits per heavy atom. The molecule has 0 aromatic carbocycles. The molecule has 0 aliphatic heterocycles. The number of rotatable bonds is 4. The quantitative estimate of drug-likeness (QED) is 0.633. The molecule has 1 aromatic rings. The van der Waals surface area contributed by atoms with Crippen molar-refractivity contribution in [3.8, 4) is 0 Å². The monoisotopic (exact) mass is 301 g/mol. The maximum absolute atomic E-state index is 13.7. The molecular formula is C11H9F6NO2. The lowest BCUT2D eigenvalue weighted by atomic mass is 10.1. The number of hydrogen-bond donors (Lipinski definition) is 0. The molecule has 0 saturated heterocycles. The first-order chi connectivity index (χ1) is 9.18. The van der Waals surface area contributed by atoms with Crippen LogP contribution >= 0.6 is 0 Å². The molecule has 3 nitrogen and oxygen atoms in total. The Morgan fingerprint density at radius 2 is 2.00 bits per heavy atom. The van der Waals surface area contributed by atoms with Gasteiger partial charge in [-0.15, -0.1) is 0 Å². The summed E-state index contributed by atoms with van der Waals surface area (Å²) >= 11 is 0. The van der Waals surface area contributed by atoms with Gasteiger partial charge in [0.15, 0.2) is 5.69 Å². The van der Waals surface area contributed by atoms with Crippen LogP contribution in [0, 0.1) is 5.82 Å². The first kappa shape index (κ1) is 16.3. The number of ether oxygens (including phenoxy) is 1. The summed E-state index contributed by atoms with van der Waals surface area (Å²) in [5.41, 5.74) is -4.54. The van der Waals surface area contributed by atoms with Crippen molar-refractivity contribution < 1.29 is 35.9 Å². The molecule has 1 rings (SSSR count). The summed E-state index contributed by atoms with van der Waals surface area (Å²) in [6.07, 6.45) is -9.29. The van der Waals surface area contributed by atoms with E-state index in [0.29, 0.717) is 6.20 Å². The lowest BCUT2D eigenvalue weighted by Crippen LogP contribution is -2.17. The third kappa shape index (κ3) is 3.61. The van der Waals surface area contributed by atoms with Gasteiger partial charge in [-0.3, -0.25) is 9.78 Å². The Kier molecular flexibility index (Phi) is 4.96. The Balaban J connectivity index is 3.26. The molecule has 0 atom stereocenters. The maximum Gasteiger partial charge on any atom is 0.433 e. The predicted octanol–water partition coefficient (Wildman–Crippen LogP) is 3.28. The second-order valence-electron chi connectivity index (χ2n) is 3.64. The van der Waals surface area contributed by atoms with Crippen molar-refractivity contribution in [2.75, 3.05) is 6.61 Å². The average Bonchev–Trinajstić information content (AvgIpc) is 2.29. The lowest BCUT2D eigenvalue weighted by Gasteiger charge is -2.14. The summed E-state index contributed by atoms with van der Waals surface area (Å²) in [7, 11) is 0. The third-order valence-electron chi connectivity index (χ3n) is 2.25. The van der Waals surface area contributed by atoms with E-state index < -0.39 is 47.6 Å². The van der Waals surface area contributed by atoms with E-state index >= 15 is 0 Å². The second-order valence-corrected chi connectivity index (χ2v) is 3.64. The average molecular weight is 301 g/mol. The molecule has 1 aromatic heterocycles. The lowest BCUT2D eigenvalue weighted by molar-refractivity contribution is -0.143. The first-order valence-corrected chi connectivity index (χ1v) is 5.36. The fourth-order valence-corrected chi connectivity index (χ4v) is 1.46. The number of nitrogens with zero attached hydrogens (tertiary/aromatic N) is 1. The highest BCUT2D eigenvalue weighted by atomic mass is 19.4. The number of carbonyl (C=O) groups is 1. The van der Waals surface area contributed by atoms with Crippen molar-refractivity contribution in [1.29, 1.82) is 0 Å². The van der Waals surface area contributed by atoms with Crippen LogP contribution in [-0.2, 0) is 22.1 Å². The van der Waals surface area contributed by atoms with Gasteiger partial charge in [0.25, 0.3) is 6.43 Å². The summed E-state index contributed by atoms with van der Waals surface area (Å²) in [5, 5.41) is 0. The molecule has 0 aliphatic rings. The number of carbonyl (C=O) groups excluding carboxylic acids is 1. The Morgan fingerprint density at radius 3 is 2.45 bits per heavy atom. The fraction of sp³-hybridized carbons (Fsp3) is 0.455. The van der Waals surface area contributed by atoms with Crippen LogP contribution in [0.3, 0.4) is 0 Å². The van der Waals surface area contributed by atoms with Crippen molar-refractivity contribution in [3.63, 3.8) is 0 Å². The van der Waals surface area contributed by atoms with E-state index in [-0.39, 0.29) is 6.61 Å².